The van der Waals surface area contributed by atoms with E-state index in [1.54, 1.807) is 0 Å². The van der Waals surface area contributed by atoms with Crippen molar-refractivity contribution in [1.29, 1.82) is 0 Å². The third kappa shape index (κ3) is 16.6. The van der Waals surface area contributed by atoms with Crippen LogP contribution in [0.25, 0.3) is 133 Å². The minimum Gasteiger partial charge on any atom is -0.311 e. The van der Waals surface area contributed by atoms with Gasteiger partial charge in [0, 0.05) is 67.0 Å². The van der Waals surface area contributed by atoms with Gasteiger partial charge < -0.3 is 18.9 Å². The van der Waals surface area contributed by atoms with Crippen LogP contribution in [0.4, 0.5) is 34.1 Å². The average Bonchev–Trinajstić information content (AvgIpc) is 1.55. The highest BCUT2D eigenvalue weighted by molar-refractivity contribution is 7.00. The predicted molar refractivity (Wildman–Crippen MR) is 595 cm³/mol. The van der Waals surface area contributed by atoms with Crippen LogP contribution >= 0.6 is 0 Å². The first-order chi connectivity index (χ1) is 64.6. The van der Waals surface area contributed by atoms with Gasteiger partial charge in [-0.25, -0.2) is 0 Å². The number of anilines is 6. The number of aromatic nitrogens is 2. The van der Waals surface area contributed by atoms with Crippen molar-refractivity contribution in [2.75, 3.05) is 9.80 Å². The smallest absolute Gasteiger partial charge is 0.252 e. The van der Waals surface area contributed by atoms with Crippen molar-refractivity contribution in [3.63, 3.8) is 0 Å². The van der Waals surface area contributed by atoms with Gasteiger partial charge >= 0.3 is 0 Å². The molecule has 0 saturated heterocycles. The lowest BCUT2D eigenvalue weighted by Gasteiger charge is -2.44. The third-order valence-electron chi connectivity index (χ3n) is 29.8. The van der Waals surface area contributed by atoms with Gasteiger partial charge in [-0.2, -0.15) is 0 Å². The van der Waals surface area contributed by atoms with Crippen LogP contribution in [0.3, 0.4) is 0 Å². The Labute approximate surface area is 816 Å². The quantitative estimate of drug-likeness (QED) is 0.120. The van der Waals surface area contributed by atoms with Crippen molar-refractivity contribution in [3.05, 3.63) is 378 Å². The highest BCUT2D eigenvalue weighted by atomic mass is 15.2. The van der Waals surface area contributed by atoms with E-state index in [1.807, 2.05) is 0 Å². The van der Waals surface area contributed by atoms with Crippen molar-refractivity contribution in [2.24, 2.45) is 0 Å². The molecule has 0 atom stereocenters. The van der Waals surface area contributed by atoms with Crippen molar-refractivity contribution < 1.29 is 0 Å². The van der Waals surface area contributed by atoms with Crippen molar-refractivity contribution in [1.82, 2.24) is 9.13 Å². The van der Waals surface area contributed by atoms with E-state index in [1.165, 1.54) is 166 Å². The molecule has 0 fully saturated rings. The van der Waals surface area contributed by atoms with E-state index < -0.39 is 0 Å². The van der Waals surface area contributed by atoms with Crippen LogP contribution in [-0.2, 0) is 48.7 Å². The van der Waals surface area contributed by atoms with Gasteiger partial charge in [0.2, 0.25) is 0 Å². The van der Waals surface area contributed by atoms with E-state index >= 15 is 0 Å². The Hall–Kier alpha value is -13.2. The van der Waals surface area contributed by atoms with Crippen LogP contribution in [0.15, 0.2) is 328 Å². The largest absolute Gasteiger partial charge is 0.311 e. The molecule has 137 heavy (non-hydrogen) atoms. The lowest BCUT2D eigenvalue weighted by Crippen LogP contribution is -2.61. The highest BCUT2D eigenvalue weighted by Gasteiger charge is 2.45. The molecule has 4 heterocycles. The topological polar surface area (TPSA) is 16.3 Å². The SMILES string of the molecule is CC(C)(C)c1ccc(-c2cc3c4c(c2)N(c2ccc(-c5c(-c6ccc(C(C)(C)C)cc6)cccc5-c5ccc(C(C)(C)C)cc5)cc2)c2cc(-n5c6ccc(C(C)(C)C)cc6c6cc(C(C)(C)C)ccc65)ccc2B4c2ccc(-n4c5ccc(C(C)(C)C)cc5c5cc(C(C)(C)C)ccc54)cc2N3c2ccc(-c3c(-c4ccc(C(C)(C)C)cc4)cccc3-c3ccc(C(C)(C)C)cc3)cc2)cc1. The fourth-order valence-electron chi connectivity index (χ4n) is 21.4. The summed E-state index contributed by atoms with van der Waals surface area (Å²) >= 11 is 0. The molecule has 0 radical (unpaired) electrons. The first-order valence-electron chi connectivity index (χ1n) is 49.9. The molecule has 2 aliphatic heterocycles. The molecule has 16 aromatic carbocycles. The lowest BCUT2D eigenvalue weighted by molar-refractivity contribution is 0.590. The molecule has 20 rings (SSSR count). The minimum absolute atomic E-state index is 0.00795. The summed E-state index contributed by atoms with van der Waals surface area (Å²) in [4.78, 5) is 5.32. The molecule has 5 heteroatoms. The monoisotopic (exact) mass is 1790 g/mol. The van der Waals surface area contributed by atoms with Crippen LogP contribution in [0.5, 0.6) is 0 Å². The second kappa shape index (κ2) is 32.8. The molecule has 0 N–H and O–H groups in total. The van der Waals surface area contributed by atoms with Crippen LogP contribution in [0, 0.1) is 0 Å². The molecule has 0 amide bonds. The fraction of sp³-hybridized carbons (Fsp3) is 0.273. The highest BCUT2D eigenvalue weighted by Crippen LogP contribution is 2.53. The second-order valence-electron chi connectivity index (χ2n) is 48.8. The summed E-state index contributed by atoms with van der Waals surface area (Å²) in [7, 11) is 0. The number of hydrogen-bond donors (Lipinski definition) is 0. The summed E-state index contributed by atoms with van der Waals surface area (Å²) in [6.45, 7) is 62.5. The Kier molecular flexibility index (Phi) is 21.9. The predicted octanol–water partition coefficient (Wildman–Crippen LogP) is 35.3. The van der Waals surface area contributed by atoms with Crippen LogP contribution in [-0.4, -0.2) is 15.8 Å². The summed E-state index contributed by atoms with van der Waals surface area (Å²) in [5.74, 6) is 0. The van der Waals surface area contributed by atoms with Crippen molar-refractivity contribution >= 4 is 101 Å². The Morgan fingerprint density at radius 1 is 0.175 bits per heavy atom. The fourth-order valence-corrected chi connectivity index (χ4v) is 21.4. The van der Waals surface area contributed by atoms with Crippen LogP contribution < -0.4 is 26.2 Å². The van der Waals surface area contributed by atoms with Crippen molar-refractivity contribution in [3.8, 4) is 89.3 Å². The van der Waals surface area contributed by atoms with Gasteiger partial charge in [-0.05, 0) is 302 Å². The van der Waals surface area contributed by atoms with E-state index in [0.717, 1.165) is 67.8 Å². The standard InChI is InChI=1S/C132H135BN4/c1-124(2,3)90-48-34-82(35-49-90)89-74-119-123-120(75-89)135(100-64-46-88(47-65-100)122-105(85-40-54-93(55-41-85)127(10,11)12)32-29-33-106(122)86-42-56-94(57-43-86)128(13,14)15)118-81-102(137-115-72-60-97(131(22,23)24)78-109(115)110-79-98(132(25,26)27)61-73-116(110)137)67-69-112(118)133(123)111-68-66-101(136-113-70-58-95(129(16,17)18)76-107(113)108-77-96(130(19,20)21)59-71-114(108)136)80-117(111)134(119)99-62-44-87(45-63-99)121-103(83-36-50-91(51-37-83)125(4,5)6)30-28-31-104(121)84-38-52-92(53-39-84)126(7,8)9/h28-81H,1-27H3. The maximum atomic E-state index is 2.66. The molecule has 2 aromatic heterocycles. The molecule has 0 unspecified atom stereocenters. The summed E-state index contributed by atoms with van der Waals surface area (Å²) in [5, 5.41) is 5.04. The van der Waals surface area contributed by atoms with E-state index in [4.69, 9.17) is 0 Å². The first-order valence-corrected chi connectivity index (χ1v) is 49.9. The van der Waals surface area contributed by atoms with Gasteiger partial charge in [0.25, 0.3) is 6.71 Å². The molecule has 686 valence electrons. The van der Waals surface area contributed by atoms with Crippen LogP contribution in [0.1, 0.15) is 237 Å². The second-order valence-corrected chi connectivity index (χ2v) is 48.8. The van der Waals surface area contributed by atoms with Gasteiger partial charge in [-0.3, -0.25) is 0 Å². The number of rotatable bonds is 11. The number of nitrogens with zero attached hydrogens (tertiary/aromatic N) is 4. The molecule has 0 bridgehead atoms. The Balaban J connectivity index is 0.880. The van der Waals surface area contributed by atoms with Crippen LogP contribution in [0.2, 0.25) is 0 Å². The maximum absolute atomic E-state index is 2.66. The summed E-state index contributed by atoms with van der Waals surface area (Å²) in [5.41, 5.74) is 45.1. The number of fused-ring (bicyclic) bond motifs is 10. The zero-order chi connectivity index (χ0) is 96.8. The molecular weight excluding hydrogens is 1650 g/mol. The first kappa shape index (κ1) is 91.5. The average molecular weight is 1790 g/mol. The third-order valence-corrected chi connectivity index (χ3v) is 29.8. The maximum Gasteiger partial charge on any atom is 0.252 e. The normalized spacial score (nSPS) is 13.5. The zero-order valence-corrected chi connectivity index (χ0v) is 86.0. The Bertz CT molecular complexity index is 7050. The number of benzene rings is 16. The zero-order valence-electron chi connectivity index (χ0n) is 86.0. The molecule has 4 nitrogen and oxygen atoms in total. The van der Waals surface area contributed by atoms with Gasteiger partial charge in [0.1, 0.15) is 0 Å². The van der Waals surface area contributed by atoms with E-state index in [2.05, 4.69) is 533 Å². The molecule has 0 spiro atoms. The molecular formula is C132H135BN4. The summed E-state index contributed by atoms with van der Waals surface area (Å²) < 4.78 is 5.14. The van der Waals surface area contributed by atoms with E-state index in [9.17, 15) is 0 Å². The van der Waals surface area contributed by atoms with Gasteiger partial charge in [0.05, 0.1) is 22.1 Å². The summed E-state index contributed by atoms with van der Waals surface area (Å²) in [6, 6.07) is 129. The van der Waals surface area contributed by atoms with Crippen molar-refractivity contribution in [2.45, 2.75) is 236 Å². The minimum atomic E-state index is -0.257. The summed E-state index contributed by atoms with van der Waals surface area (Å²) in [6.07, 6.45) is 0. The van der Waals surface area contributed by atoms with E-state index in [-0.39, 0.29) is 55.4 Å². The lowest BCUT2D eigenvalue weighted by atomic mass is 9.33. The van der Waals surface area contributed by atoms with Gasteiger partial charge in [-0.15, -0.1) is 0 Å². The van der Waals surface area contributed by atoms with Gasteiger partial charge in [-0.1, -0.05) is 405 Å². The number of hydrogen-bond acceptors (Lipinski definition) is 2. The Morgan fingerprint density at radius 3 is 0.635 bits per heavy atom. The van der Waals surface area contributed by atoms with Gasteiger partial charge in [0.15, 0.2) is 0 Å². The molecule has 0 saturated carbocycles. The van der Waals surface area contributed by atoms with E-state index in [0.29, 0.717) is 0 Å². The molecule has 0 aliphatic carbocycles. The Morgan fingerprint density at radius 2 is 0.394 bits per heavy atom. The molecule has 2 aliphatic rings. The molecule has 18 aromatic rings.